The van der Waals surface area contributed by atoms with Crippen LogP contribution in [-0.4, -0.2) is 30.6 Å². The summed E-state index contributed by atoms with van der Waals surface area (Å²) >= 11 is 4.69. The second-order valence-electron chi connectivity index (χ2n) is 4.58. The largest absolute Gasteiger partial charge is 0.376 e. The Hall–Kier alpha value is -1.50. The Kier molecular flexibility index (Phi) is 5.91. The number of hydrogen-bond donors (Lipinski definition) is 2. The van der Waals surface area contributed by atoms with Crippen molar-refractivity contribution in [2.75, 3.05) is 13.2 Å². The molecule has 0 bridgehead atoms. The van der Waals surface area contributed by atoms with E-state index in [1.54, 1.807) is 6.21 Å². The number of rotatable bonds is 6. The second-order valence-corrected chi connectivity index (χ2v) is 5.02. The van der Waals surface area contributed by atoms with Crippen molar-refractivity contribution in [3.8, 4) is 0 Å². The number of thiocarbonyl (C=S) groups is 1. The summed E-state index contributed by atoms with van der Waals surface area (Å²) in [6.45, 7) is 2.02. The standard InChI is InChI=1S/C14H19N3O2S/c15-14(20)17-16-8-11-4-1-2-5-12(11)9-18-10-13-6-3-7-19-13/h1-2,4-5,8,13H,3,6-7,9-10H2,(H3,15,17,20). The summed E-state index contributed by atoms with van der Waals surface area (Å²) in [6, 6.07) is 7.90. The molecule has 0 amide bonds. The van der Waals surface area contributed by atoms with Gasteiger partial charge in [0.05, 0.1) is 25.5 Å². The van der Waals surface area contributed by atoms with E-state index in [0.717, 1.165) is 30.6 Å². The predicted octanol–water partition coefficient (Wildman–Crippen LogP) is 1.55. The first-order valence-electron chi connectivity index (χ1n) is 6.61. The second kappa shape index (κ2) is 7.94. The van der Waals surface area contributed by atoms with Crippen LogP contribution in [0.4, 0.5) is 0 Å². The number of nitrogens with one attached hydrogen (secondary N) is 1. The first-order valence-corrected chi connectivity index (χ1v) is 7.02. The molecule has 1 fully saturated rings. The number of hydrogen-bond acceptors (Lipinski definition) is 4. The van der Waals surface area contributed by atoms with Gasteiger partial charge in [-0.25, -0.2) is 0 Å². The SMILES string of the molecule is NC(=S)NN=Cc1ccccc1COCC1CCCO1. The third kappa shape index (κ3) is 4.88. The molecule has 1 aliphatic rings. The number of ether oxygens (including phenoxy) is 2. The molecule has 0 aromatic heterocycles. The van der Waals surface area contributed by atoms with Gasteiger partial charge in [0.1, 0.15) is 0 Å². The van der Waals surface area contributed by atoms with Crippen molar-refractivity contribution in [1.29, 1.82) is 0 Å². The predicted molar refractivity (Wildman–Crippen MR) is 82.6 cm³/mol. The van der Waals surface area contributed by atoms with E-state index in [1.165, 1.54) is 0 Å². The van der Waals surface area contributed by atoms with Gasteiger partial charge in [-0.05, 0) is 30.6 Å². The van der Waals surface area contributed by atoms with E-state index >= 15 is 0 Å². The van der Waals surface area contributed by atoms with Gasteiger partial charge in [0.25, 0.3) is 0 Å². The highest BCUT2D eigenvalue weighted by molar-refractivity contribution is 7.80. The van der Waals surface area contributed by atoms with E-state index in [2.05, 4.69) is 22.7 Å². The van der Waals surface area contributed by atoms with Crippen LogP contribution in [0.15, 0.2) is 29.4 Å². The van der Waals surface area contributed by atoms with Crippen molar-refractivity contribution in [2.24, 2.45) is 10.8 Å². The Balaban J connectivity index is 1.86. The normalized spacial score (nSPS) is 18.5. The maximum absolute atomic E-state index is 5.71. The Labute approximate surface area is 124 Å². The zero-order valence-corrected chi connectivity index (χ0v) is 12.1. The molecular weight excluding hydrogens is 274 g/mol. The van der Waals surface area contributed by atoms with Gasteiger partial charge in [-0.1, -0.05) is 24.3 Å². The zero-order valence-electron chi connectivity index (χ0n) is 11.2. The number of nitrogens with two attached hydrogens (primary N) is 1. The molecule has 1 aliphatic heterocycles. The van der Waals surface area contributed by atoms with Gasteiger partial charge in [0.2, 0.25) is 0 Å². The van der Waals surface area contributed by atoms with Crippen molar-refractivity contribution in [2.45, 2.75) is 25.6 Å². The highest BCUT2D eigenvalue weighted by Crippen LogP contribution is 2.14. The lowest BCUT2D eigenvalue weighted by Crippen LogP contribution is -2.24. The molecule has 3 N–H and O–H groups in total. The highest BCUT2D eigenvalue weighted by Gasteiger charge is 2.15. The molecule has 108 valence electrons. The van der Waals surface area contributed by atoms with Crippen molar-refractivity contribution in [3.05, 3.63) is 35.4 Å². The summed E-state index contributed by atoms with van der Waals surface area (Å²) < 4.78 is 11.2. The molecular formula is C14H19N3O2S. The summed E-state index contributed by atoms with van der Waals surface area (Å²) in [5.41, 5.74) is 9.90. The molecule has 1 atom stereocenters. The van der Waals surface area contributed by atoms with Crippen LogP contribution in [0.1, 0.15) is 24.0 Å². The van der Waals surface area contributed by atoms with Crippen molar-refractivity contribution in [3.63, 3.8) is 0 Å². The van der Waals surface area contributed by atoms with Crippen LogP contribution in [0.3, 0.4) is 0 Å². The van der Waals surface area contributed by atoms with Crippen LogP contribution >= 0.6 is 12.2 Å². The first kappa shape index (κ1) is 14.9. The van der Waals surface area contributed by atoms with Gasteiger partial charge in [-0.3, -0.25) is 5.43 Å². The van der Waals surface area contributed by atoms with Gasteiger partial charge in [-0.2, -0.15) is 5.10 Å². The average molecular weight is 293 g/mol. The fourth-order valence-corrected chi connectivity index (χ4v) is 2.09. The average Bonchev–Trinajstić information content (AvgIpc) is 2.93. The van der Waals surface area contributed by atoms with Crippen molar-refractivity contribution < 1.29 is 9.47 Å². The van der Waals surface area contributed by atoms with E-state index in [4.69, 9.17) is 15.2 Å². The minimum Gasteiger partial charge on any atom is -0.376 e. The Bertz CT molecular complexity index is 473. The van der Waals surface area contributed by atoms with E-state index in [-0.39, 0.29) is 11.2 Å². The molecule has 1 heterocycles. The minimum absolute atomic E-state index is 0.147. The fraction of sp³-hybridized carbons (Fsp3) is 0.429. The zero-order chi connectivity index (χ0) is 14.2. The van der Waals surface area contributed by atoms with Crippen LogP contribution in [0, 0.1) is 0 Å². The summed E-state index contributed by atoms with van der Waals surface area (Å²) in [4.78, 5) is 0. The van der Waals surface area contributed by atoms with Crippen molar-refractivity contribution in [1.82, 2.24) is 5.43 Å². The van der Waals surface area contributed by atoms with Crippen LogP contribution in [0.2, 0.25) is 0 Å². The summed E-state index contributed by atoms with van der Waals surface area (Å²) in [6.07, 6.45) is 4.14. The molecule has 1 aromatic rings. The maximum atomic E-state index is 5.71. The van der Waals surface area contributed by atoms with E-state index in [1.807, 2.05) is 24.3 Å². The van der Waals surface area contributed by atoms with Crippen LogP contribution in [0.25, 0.3) is 0 Å². The molecule has 6 heteroatoms. The lowest BCUT2D eigenvalue weighted by Gasteiger charge is -2.11. The Morgan fingerprint density at radius 1 is 1.55 bits per heavy atom. The molecule has 20 heavy (non-hydrogen) atoms. The van der Waals surface area contributed by atoms with E-state index < -0.39 is 0 Å². The molecule has 0 saturated carbocycles. The molecule has 0 aliphatic carbocycles. The van der Waals surface area contributed by atoms with Crippen LogP contribution in [0.5, 0.6) is 0 Å². The minimum atomic E-state index is 0.147. The quantitative estimate of drug-likeness (QED) is 0.473. The molecule has 2 rings (SSSR count). The molecule has 1 aromatic carbocycles. The lowest BCUT2D eigenvalue weighted by atomic mass is 10.1. The first-order chi connectivity index (χ1) is 9.75. The van der Waals surface area contributed by atoms with Gasteiger partial charge in [0, 0.05) is 12.2 Å². The number of hydrazone groups is 1. The number of nitrogens with zero attached hydrogens (tertiary/aromatic N) is 1. The highest BCUT2D eigenvalue weighted by atomic mass is 32.1. The van der Waals surface area contributed by atoms with Crippen molar-refractivity contribution >= 4 is 23.5 Å². The van der Waals surface area contributed by atoms with Gasteiger partial charge in [-0.15, -0.1) is 0 Å². The van der Waals surface area contributed by atoms with Gasteiger partial charge >= 0.3 is 0 Å². The third-order valence-corrected chi connectivity index (χ3v) is 3.11. The molecule has 0 radical (unpaired) electrons. The molecule has 5 nitrogen and oxygen atoms in total. The van der Waals surface area contributed by atoms with E-state index in [9.17, 15) is 0 Å². The Morgan fingerprint density at radius 3 is 3.15 bits per heavy atom. The molecule has 1 unspecified atom stereocenters. The van der Waals surface area contributed by atoms with Crippen LogP contribution in [-0.2, 0) is 16.1 Å². The molecule has 0 spiro atoms. The third-order valence-electron chi connectivity index (χ3n) is 3.02. The Morgan fingerprint density at radius 2 is 2.40 bits per heavy atom. The maximum Gasteiger partial charge on any atom is 0.184 e. The summed E-state index contributed by atoms with van der Waals surface area (Å²) in [5, 5.41) is 4.11. The molecule has 1 saturated heterocycles. The van der Waals surface area contributed by atoms with E-state index in [0.29, 0.717) is 13.2 Å². The topological polar surface area (TPSA) is 68.9 Å². The van der Waals surface area contributed by atoms with Gasteiger partial charge in [0.15, 0.2) is 5.11 Å². The number of benzene rings is 1. The smallest absolute Gasteiger partial charge is 0.184 e. The van der Waals surface area contributed by atoms with Gasteiger partial charge < -0.3 is 15.2 Å². The lowest BCUT2D eigenvalue weighted by molar-refractivity contribution is 0.0106. The van der Waals surface area contributed by atoms with Crippen LogP contribution < -0.4 is 11.2 Å². The monoisotopic (exact) mass is 293 g/mol. The summed E-state index contributed by atoms with van der Waals surface area (Å²) in [7, 11) is 0. The fourth-order valence-electron chi connectivity index (χ4n) is 2.03. The summed E-state index contributed by atoms with van der Waals surface area (Å²) in [5.74, 6) is 0.